The number of para-hydroxylation sites is 1. The molecule has 0 aliphatic rings. The molecule has 30 heavy (non-hydrogen) atoms. The number of aliphatic imine (C=N–C) groups is 1. The highest BCUT2D eigenvalue weighted by molar-refractivity contribution is 6.44. The quantitative estimate of drug-likeness (QED) is 0.572. The number of hydrogen-bond donors (Lipinski definition) is 3. The third-order valence-electron chi connectivity index (χ3n) is 4.03. The molecule has 160 valence electrons. The van der Waals surface area contributed by atoms with E-state index < -0.39 is 23.5 Å². The normalized spacial score (nSPS) is 12.6. The van der Waals surface area contributed by atoms with E-state index in [1.165, 1.54) is 7.11 Å². The molecule has 0 heterocycles. The number of rotatable bonds is 8. The Kier molecular flexibility index (Phi) is 7.99. The fourth-order valence-corrected chi connectivity index (χ4v) is 2.57. The van der Waals surface area contributed by atoms with Gasteiger partial charge in [-0.2, -0.15) is 13.2 Å². The first kappa shape index (κ1) is 23.0. The second-order valence-corrected chi connectivity index (χ2v) is 6.29. The molecule has 0 fully saturated rings. The molecular weight excluding hydrogens is 397 g/mol. The minimum atomic E-state index is -4.78. The van der Waals surface area contributed by atoms with E-state index in [1.54, 1.807) is 49.5 Å². The Morgan fingerprint density at radius 1 is 1.17 bits per heavy atom. The van der Waals surface area contributed by atoms with Crippen molar-refractivity contribution in [3.8, 4) is 5.75 Å². The van der Waals surface area contributed by atoms with Crippen molar-refractivity contribution in [2.45, 2.75) is 19.3 Å². The lowest BCUT2D eigenvalue weighted by molar-refractivity contribution is -0.114. The Morgan fingerprint density at radius 2 is 1.90 bits per heavy atom. The zero-order valence-corrected chi connectivity index (χ0v) is 16.6. The Labute approximate surface area is 172 Å². The maximum absolute atomic E-state index is 12.9. The summed E-state index contributed by atoms with van der Waals surface area (Å²) in [6.07, 6.45) is -4.25. The van der Waals surface area contributed by atoms with Crippen molar-refractivity contribution in [1.82, 2.24) is 10.6 Å². The van der Waals surface area contributed by atoms with E-state index in [4.69, 9.17) is 10.5 Å². The SMILES string of the molecule is CNCc1cccc(N=C(/C=C(\N)C(F)(F)F)C(=O)NCc2ccccc2OC)c1. The maximum Gasteiger partial charge on any atom is 0.430 e. The van der Waals surface area contributed by atoms with Gasteiger partial charge in [0.1, 0.15) is 17.2 Å². The molecule has 0 spiro atoms. The number of allylic oxidation sites excluding steroid dienone is 1. The number of benzene rings is 2. The highest BCUT2D eigenvalue weighted by Crippen LogP contribution is 2.22. The molecule has 0 saturated heterocycles. The molecule has 2 aromatic rings. The fraction of sp³-hybridized carbons (Fsp3) is 0.238. The lowest BCUT2D eigenvalue weighted by atomic mass is 10.2. The minimum Gasteiger partial charge on any atom is -0.496 e. The molecule has 0 aliphatic carbocycles. The van der Waals surface area contributed by atoms with Crippen LogP contribution in [-0.4, -0.2) is 32.0 Å². The molecule has 9 heteroatoms. The highest BCUT2D eigenvalue weighted by Gasteiger charge is 2.32. The van der Waals surface area contributed by atoms with Gasteiger partial charge in [0.25, 0.3) is 5.91 Å². The van der Waals surface area contributed by atoms with Crippen molar-refractivity contribution in [3.63, 3.8) is 0 Å². The van der Waals surface area contributed by atoms with Gasteiger partial charge in [0.05, 0.1) is 12.8 Å². The lowest BCUT2D eigenvalue weighted by Gasteiger charge is -2.11. The van der Waals surface area contributed by atoms with Crippen molar-refractivity contribution >= 4 is 17.3 Å². The van der Waals surface area contributed by atoms with Gasteiger partial charge in [-0.05, 0) is 36.9 Å². The Balaban J connectivity index is 2.33. The molecule has 2 rings (SSSR count). The van der Waals surface area contributed by atoms with E-state index in [-0.39, 0.29) is 6.54 Å². The van der Waals surface area contributed by atoms with Gasteiger partial charge in [0.15, 0.2) is 0 Å². The second-order valence-electron chi connectivity index (χ2n) is 6.29. The summed E-state index contributed by atoms with van der Waals surface area (Å²) < 4.78 is 44.0. The fourth-order valence-electron chi connectivity index (χ4n) is 2.57. The molecule has 0 aromatic heterocycles. The zero-order chi connectivity index (χ0) is 22.1. The van der Waals surface area contributed by atoms with Crippen molar-refractivity contribution in [2.24, 2.45) is 10.7 Å². The number of amides is 1. The third kappa shape index (κ3) is 6.63. The summed E-state index contributed by atoms with van der Waals surface area (Å²) in [4.78, 5) is 16.7. The van der Waals surface area contributed by atoms with Crippen LogP contribution in [0.5, 0.6) is 5.75 Å². The zero-order valence-electron chi connectivity index (χ0n) is 16.6. The predicted octanol–water partition coefficient (Wildman–Crippen LogP) is 3.21. The van der Waals surface area contributed by atoms with Gasteiger partial charge in [0, 0.05) is 18.7 Å². The van der Waals surface area contributed by atoms with Crippen molar-refractivity contribution in [1.29, 1.82) is 0 Å². The molecule has 0 aliphatic heterocycles. The lowest BCUT2D eigenvalue weighted by Crippen LogP contribution is -2.31. The molecule has 1 amide bonds. The van der Waals surface area contributed by atoms with E-state index in [9.17, 15) is 18.0 Å². The Hall–Kier alpha value is -3.33. The number of hydrogen-bond acceptors (Lipinski definition) is 5. The van der Waals surface area contributed by atoms with E-state index >= 15 is 0 Å². The number of nitrogens with zero attached hydrogens (tertiary/aromatic N) is 1. The van der Waals surface area contributed by atoms with Gasteiger partial charge in [0.2, 0.25) is 0 Å². The van der Waals surface area contributed by atoms with Crippen LogP contribution < -0.4 is 21.1 Å². The molecule has 0 bridgehead atoms. The number of nitrogens with one attached hydrogen (secondary N) is 2. The first-order valence-electron chi connectivity index (χ1n) is 9.01. The molecule has 6 nitrogen and oxygen atoms in total. The van der Waals surface area contributed by atoms with E-state index in [2.05, 4.69) is 15.6 Å². The monoisotopic (exact) mass is 420 g/mol. The number of alkyl halides is 3. The first-order chi connectivity index (χ1) is 14.2. The number of methoxy groups -OCH3 is 1. The summed E-state index contributed by atoms with van der Waals surface area (Å²) in [6, 6.07) is 13.8. The van der Waals surface area contributed by atoms with Crippen molar-refractivity contribution in [3.05, 3.63) is 71.4 Å². The number of nitrogens with two attached hydrogens (primary N) is 1. The van der Waals surface area contributed by atoms with Crippen LogP contribution >= 0.6 is 0 Å². The Bertz CT molecular complexity index is 940. The molecule has 0 radical (unpaired) electrons. The number of carbonyl (C=O) groups is 1. The molecular formula is C21H23F3N4O2. The summed E-state index contributed by atoms with van der Waals surface area (Å²) in [5.41, 5.74) is 5.10. The predicted molar refractivity (Wildman–Crippen MR) is 109 cm³/mol. The van der Waals surface area contributed by atoms with E-state index in [0.717, 1.165) is 5.56 Å². The van der Waals surface area contributed by atoms with Crippen molar-refractivity contribution < 1.29 is 22.7 Å². The van der Waals surface area contributed by atoms with Gasteiger partial charge in [-0.1, -0.05) is 30.3 Å². The molecule has 4 N–H and O–H groups in total. The van der Waals surface area contributed by atoms with E-state index in [0.29, 0.717) is 29.6 Å². The van der Waals surface area contributed by atoms with Gasteiger partial charge in [-0.25, -0.2) is 4.99 Å². The van der Waals surface area contributed by atoms with Crippen LogP contribution in [-0.2, 0) is 17.9 Å². The molecule has 0 unspecified atom stereocenters. The number of ether oxygens (including phenoxy) is 1. The van der Waals surface area contributed by atoms with Crippen LogP contribution in [0.15, 0.2) is 65.3 Å². The van der Waals surface area contributed by atoms with Crippen LogP contribution in [0.3, 0.4) is 0 Å². The average molecular weight is 420 g/mol. The van der Waals surface area contributed by atoms with Gasteiger partial charge < -0.3 is 21.1 Å². The van der Waals surface area contributed by atoms with Crippen LogP contribution in [0.2, 0.25) is 0 Å². The largest absolute Gasteiger partial charge is 0.496 e. The van der Waals surface area contributed by atoms with Crippen LogP contribution in [0.25, 0.3) is 0 Å². The summed E-state index contributed by atoms with van der Waals surface area (Å²) in [6.45, 7) is 0.584. The van der Waals surface area contributed by atoms with Gasteiger partial charge >= 0.3 is 6.18 Å². The average Bonchev–Trinajstić information content (AvgIpc) is 2.71. The Morgan fingerprint density at radius 3 is 2.57 bits per heavy atom. The molecule has 0 saturated carbocycles. The molecule has 0 atom stereocenters. The minimum absolute atomic E-state index is 0.0431. The van der Waals surface area contributed by atoms with Crippen LogP contribution in [0.4, 0.5) is 18.9 Å². The highest BCUT2D eigenvalue weighted by atomic mass is 19.4. The number of carbonyl (C=O) groups excluding carboxylic acids is 1. The maximum atomic E-state index is 12.9. The topological polar surface area (TPSA) is 88.7 Å². The smallest absolute Gasteiger partial charge is 0.430 e. The van der Waals surface area contributed by atoms with Crippen molar-refractivity contribution in [2.75, 3.05) is 14.2 Å². The third-order valence-corrected chi connectivity index (χ3v) is 4.03. The van der Waals surface area contributed by atoms with Gasteiger partial charge in [-0.3, -0.25) is 4.79 Å². The summed E-state index contributed by atoms with van der Waals surface area (Å²) >= 11 is 0. The summed E-state index contributed by atoms with van der Waals surface area (Å²) in [5.74, 6) is -0.256. The molecule has 2 aromatic carbocycles. The summed E-state index contributed by atoms with van der Waals surface area (Å²) in [7, 11) is 3.25. The van der Waals surface area contributed by atoms with E-state index in [1.807, 2.05) is 6.07 Å². The van der Waals surface area contributed by atoms with Crippen LogP contribution in [0, 0.1) is 0 Å². The standard InChI is InChI=1S/C21H23F3N4O2/c1-26-12-14-6-5-8-16(10-14)28-17(11-19(25)21(22,23)24)20(29)27-13-15-7-3-4-9-18(15)30-2/h3-11,26H,12-13,25H2,1-2H3,(H,27,29)/b19-11-,28-17?. The first-order valence-corrected chi connectivity index (χ1v) is 9.01. The second kappa shape index (κ2) is 10.4. The summed E-state index contributed by atoms with van der Waals surface area (Å²) in [5, 5.41) is 5.53. The van der Waals surface area contributed by atoms with Gasteiger partial charge in [-0.15, -0.1) is 0 Å². The number of halogens is 3. The van der Waals surface area contributed by atoms with Crippen LogP contribution in [0.1, 0.15) is 11.1 Å².